The lowest BCUT2D eigenvalue weighted by Gasteiger charge is -2.33. The van der Waals surface area contributed by atoms with Gasteiger partial charge in [0, 0.05) is 49.2 Å². The van der Waals surface area contributed by atoms with Crippen molar-refractivity contribution in [2.24, 2.45) is 0 Å². The number of anilines is 1. The number of benzene rings is 1. The summed E-state index contributed by atoms with van der Waals surface area (Å²) in [4.78, 5) is 11.3. The number of sulfonamides is 2. The summed E-state index contributed by atoms with van der Waals surface area (Å²) >= 11 is 2.80. The third-order valence-corrected chi connectivity index (χ3v) is 12.3. The molecule has 4 heterocycles. The molecular formula is C24H29N5O4S4. The van der Waals surface area contributed by atoms with Crippen LogP contribution in [0.3, 0.4) is 0 Å². The van der Waals surface area contributed by atoms with Crippen molar-refractivity contribution in [3.8, 4) is 10.7 Å². The zero-order valence-corrected chi connectivity index (χ0v) is 23.9. The number of piperazine rings is 1. The second-order valence-corrected chi connectivity index (χ2v) is 15.0. The predicted molar refractivity (Wildman–Crippen MR) is 150 cm³/mol. The first kappa shape index (κ1) is 26.3. The molecule has 9 nitrogen and oxygen atoms in total. The summed E-state index contributed by atoms with van der Waals surface area (Å²) in [7, 11) is -6.84. The number of aromatic amines is 1. The fourth-order valence-corrected chi connectivity index (χ4v) is 9.08. The highest BCUT2D eigenvalue weighted by Crippen LogP contribution is 2.33. The van der Waals surface area contributed by atoms with Gasteiger partial charge in [0.2, 0.25) is 10.0 Å². The molecule has 1 aliphatic heterocycles. The van der Waals surface area contributed by atoms with Crippen LogP contribution in [0, 0.1) is 0 Å². The van der Waals surface area contributed by atoms with Crippen LogP contribution >= 0.6 is 22.7 Å². The van der Waals surface area contributed by atoms with E-state index < -0.39 is 20.0 Å². The van der Waals surface area contributed by atoms with Crippen LogP contribution in [0.4, 0.5) is 5.69 Å². The van der Waals surface area contributed by atoms with Gasteiger partial charge in [0.25, 0.3) is 10.0 Å². The standard InChI is InChI=1S/C24H29N5O4S4/c1-3-17-8-13-34-24(17)37(32,33)27-20-7-5-6-18-14-21(26-22(18)20)23-25-15-19(35-23)16-28-9-11-29(12-10-28)36(30,31)4-2/h5-8,13-15,26-27H,3-4,9-12,16H2,1-2H3. The maximum Gasteiger partial charge on any atom is 0.271 e. The second-order valence-electron chi connectivity index (χ2n) is 8.85. The summed E-state index contributed by atoms with van der Waals surface area (Å²) in [6.45, 7) is 6.72. The van der Waals surface area contributed by atoms with E-state index in [-0.39, 0.29) is 5.75 Å². The minimum atomic E-state index is -3.70. The Morgan fingerprint density at radius 1 is 1.08 bits per heavy atom. The van der Waals surface area contributed by atoms with E-state index in [1.807, 2.05) is 37.4 Å². The number of aromatic nitrogens is 2. The molecule has 0 spiro atoms. The number of H-pyrrole nitrogens is 1. The molecule has 0 bridgehead atoms. The Balaban J connectivity index is 1.32. The highest BCUT2D eigenvalue weighted by molar-refractivity contribution is 7.94. The Morgan fingerprint density at radius 2 is 1.86 bits per heavy atom. The average Bonchev–Trinajstić information content (AvgIpc) is 3.64. The Labute approximate surface area is 225 Å². The van der Waals surface area contributed by atoms with E-state index >= 15 is 0 Å². The van der Waals surface area contributed by atoms with Gasteiger partial charge in [-0.2, -0.15) is 4.31 Å². The van der Waals surface area contributed by atoms with Crippen molar-refractivity contribution in [3.05, 3.63) is 52.3 Å². The highest BCUT2D eigenvalue weighted by atomic mass is 32.2. The number of nitrogens with one attached hydrogen (secondary N) is 2. The number of hydrogen-bond acceptors (Lipinski definition) is 8. The van der Waals surface area contributed by atoms with Crippen molar-refractivity contribution in [3.63, 3.8) is 0 Å². The quantitative estimate of drug-likeness (QED) is 0.307. The van der Waals surface area contributed by atoms with Gasteiger partial charge in [-0.25, -0.2) is 21.8 Å². The molecule has 0 radical (unpaired) electrons. The van der Waals surface area contributed by atoms with Gasteiger partial charge >= 0.3 is 0 Å². The Kier molecular flexibility index (Phi) is 7.44. The molecule has 1 aromatic carbocycles. The first-order valence-electron chi connectivity index (χ1n) is 12.1. The molecule has 1 fully saturated rings. The maximum absolute atomic E-state index is 13.1. The number of para-hydroxylation sites is 1. The fourth-order valence-electron chi connectivity index (χ4n) is 4.44. The molecule has 3 aromatic heterocycles. The average molecular weight is 580 g/mol. The van der Waals surface area contributed by atoms with Crippen molar-refractivity contribution < 1.29 is 16.8 Å². The molecule has 1 saturated heterocycles. The third kappa shape index (κ3) is 5.47. The molecule has 0 atom stereocenters. The topological polar surface area (TPSA) is 115 Å². The van der Waals surface area contributed by atoms with Crippen LogP contribution in [0.2, 0.25) is 0 Å². The Bertz CT molecular complexity index is 1610. The summed E-state index contributed by atoms with van der Waals surface area (Å²) in [5.41, 5.74) is 2.83. The largest absolute Gasteiger partial charge is 0.351 e. The van der Waals surface area contributed by atoms with Crippen molar-refractivity contribution in [1.82, 2.24) is 19.2 Å². The minimum Gasteiger partial charge on any atom is -0.351 e. The van der Waals surface area contributed by atoms with Crippen LogP contribution in [0.25, 0.3) is 21.6 Å². The Hall–Kier alpha value is -2.29. The summed E-state index contributed by atoms with van der Waals surface area (Å²) in [5.74, 6) is 0.132. The van der Waals surface area contributed by atoms with E-state index in [9.17, 15) is 16.8 Å². The zero-order valence-electron chi connectivity index (χ0n) is 20.6. The number of hydrogen-bond donors (Lipinski definition) is 2. The van der Waals surface area contributed by atoms with Crippen molar-refractivity contribution >= 4 is 59.3 Å². The number of nitrogens with zero attached hydrogens (tertiary/aromatic N) is 3. The molecule has 0 aliphatic carbocycles. The summed E-state index contributed by atoms with van der Waals surface area (Å²) in [6.07, 6.45) is 2.50. The first-order chi connectivity index (χ1) is 17.7. The van der Waals surface area contributed by atoms with Crippen LogP contribution in [-0.2, 0) is 33.0 Å². The molecule has 13 heteroatoms. The molecule has 37 heavy (non-hydrogen) atoms. The Morgan fingerprint density at radius 3 is 2.59 bits per heavy atom. The number of rotatable bonds is 9. The number of thiophene rings is 1. The van der Waals surface area contributed by atoms with E-state index in [0.29, 0.717) is 54.6 Å². The molecule has 0 saturated carbocycles. The smallest absolute Gasteiger partial charge is 0.271 e. The minimum absolute atomic E-state index is 0.132. The van der Waals surface area contributed by atoms with Crippen molar-refractivity contribution in [1.29, 1.82) is 0 Å². The molecule has 198 valence electrons. The second kappa shape index (κ2) is 10.5. The highest BCUT2D eigenvalue weighted by Gasteiger charge is 2.26. The van der Waals surface area contributed by atoms with Gasteiger partial charge in [-0.3, -0.25) is 9.62 Å². The van der Waals surface area contributed by atoms with Gasteiger partial charge in [0.05, 0.1) is 22.7 Å². The molecule has 1 aliphatic rings. The fraction of sp³-hybridized carbons (Fsp3) is 0.375. The maximum atomic E-state index is 13.1. The van der Waals surface area contributed by atoms with E-state index in [4.69, 9.17) is 0 Å². The SMILES string of the molecule is CCc1ccsc1S(=O)(=O)Nc1cccc2cc(-c3ncc(CN4CCN(S(=O)(=O)CC)CC4)s3)[nH]c12. The van der Waals surface area contributed by atoms with Crippen LogP contribution in [-0.4, -0.2) is 67.9 Å². The molecule has 0 unspecified atom stereocenters. The lowest BCUT2D eigenvalue weighted by atomic mass is 10.2. The number of thiazole rings is 1. The normalized spacial score (nSPS) is 15.9. The van der Waals surface area contributed by atoms with Crippen molar-refractivity contribution in [2.75, 3.05) is 36.7 Å². The monoisotopic (exact) mass is 579 g/mol. The molecule has 2 N–H and O–H groups in total. The van der Waals surface area contributed by atoms with Gasteiger partial charge < -0.3 is 4.98 Å². The van der Waals surface area contributed by atoms with Gasteiger partial charge in [-0.05, 0) is 42.5 Å². The van der Waals surface area contributed by atoms with Crippen LogP contribution in [0.5, 0.6) is 0 Å². The summed E-state index contributed by atoms with van der Waals surface area (Å²) < 4.78 is 55.0. The van der Waals surface area contributed by atoms with Crippen LogP contribution < -0.4 is 4.72 Å². The summed E-state index contributed by atoms with van der Waals surface area (Å²) in [5, 5.41) is 3.51. The van der Waals surface area contributed by atoms with E-state index in [2.05, 4.69) is 19.6 Å². The van der Waals surface area contributed by atoms with Crippen molar-refractivity contribution in [2.45, 2.75) is 31.0 Å². The van der Waals surface area contributed by atoms with E-state index in [1.165, 1.54) is 11.3 Å². The van der Waals surface area contributed by atoms with E-state index in [0.717, 1.165) is 26.5 Å². The van der Waals surface area contributed by atoms with E-state index in [1.54, 1.807) is 34.0 Å². The third-order valence-electron chi connectivity index (χ3n) is 6.48. The molecule has 0 amide bonds. The molecule has 4 aromatic rings. The van der Waals surface area contributed by atoms with Crippen LogP contribution in [0.15, 0.2) is 46.1 Å². The van der Waals surface area contributed by atoms with Gasteiger partial charge in [-0.15, -0.1) is 22.7 Å². The zero-order chi connectivity index (χ0) is 26.2. The lowest BCUT2D eigenvalue weighted by molar-refractivity contribution is 0.183. The predicted octanol–water partition coefficient (Wildman–Crippen LogP) is 4.18. The molecular weight excluding hydrogens is 551 g/mol. The lowest BCUT2D eigenvalue weighted by Crippen LogP contribution is -2.48. The van der Waals surface area contributed by atoms with Gasteiger partial charge in [0.15, 0.2) is 0 Å². The van der Waals surface area contributed by atoms with Crippen LogP contribution in [0.1, 0.15) is 24.3 Å². The molecule has 5 rings (SSSR count). The summed E-state index contributed by atoms with van der Waals surface area (Å²) in [6, 6.07) is 9.35. The van der Waals surface area contributed by atoms with Gasteiger partial charge in [0.1, 0.15) is 9.22 Å². The number of aryl methyl sites for hydroxylation is 1. The number of fused-ring (bicyclic) bond motifs is 1. The first-order valence-corrected chi connectivity index (χ1v) is 16.8. The van der Waals surface area contributed by atoms with Gasteiger partial charge in [-0.1, -0.05) is 19.1 Å².